The van der Waals surface area contributed by atoms with E-state index in [0.717, 1.165) is 17.0 Å². The number of nitrogens with zero attached hydrogens (tertiary/aromatic N) is 2. The molecule has 7 nitrogen and oxygen atoms in total. The van der Waals surface area contributed by atoms with E-state index in [-0.39, 0.29) is 12.1 Å². The number of ether oxygens (including phenoxy) is 1. The van der Waals surface area contributed by atoms with Crippen molar-refractivity contribution in [2.24, 2.45) is 0 Å². The van der Waals surface area contributed by atoms with Gasteiger partial charge in [0, 0.05) is 18.0 Å². The first kappa shape index (κ1) is 20.3. The molecule has 4 rings (SSSR count). The van der Waals surface area contributed by atoms with E-state index >= 15 is 0 Å². The summed E-state index contributed by atoms with van der Waals surface area (Å²) in [5.74, 6) is 1.41. The molecular formula is C24H24N4O3. The van der Waals surface area contributed by atoms with Gasteiger partial charge in [-0.1, -0.05) is 30.3 Å². The first-order valence-electron chi connectivity index (χ1n) is 10.1. The molecule has 2 N–H and O–H groups in total. The standard InChI is InChI=1S/C24H24N4O3/c1-30-21-12-9-19(10-13-21)25-24(29)26-22(18-6-3-2-4-7-18)14-11-20-15-16-28(27-20)23-8-5-17-31-23/h2-10,12-13,15-17,22H,11,14H2,1H3,(H2,25,26,29). The second-order valence-electron chi connectivity index (χ2n) is 7.03. The second kappa shape index (κ2) is 9.67. The van der Waals surface area contributed by atoms with Crippen molar-refractivity contribution >= 4 is 11.7 Å². The van der Waals surface area contributed by atoms with Crippen molar-refractivity contribution < 1.29 is 13.9 Å². The van der Waals surface area contributed by atoms with Gasteiger partial charge in [-0.15, -0.1) is 0 Å². The molecule has 0 aliphatic heterocycles. The predicted octanol–water partition coefficient (Wildman–Crippen LogP) is 4.97. The van der Waals surface area contributed by atoms with Gasteiger partial charge in [0.2, 0.25) is 5.88 Å². The van der Waals surface area contributed by atoms with Crippen molar-refractivity contribution in [3.05, 3.63) is 96.5 Å². The van der Waals surface area contributed by atoms with E-state index in [1.807, 2.05) is 54.7 Å². The lowest BCUT2D eigenvalue weighted by atomic mass is 10.0. The van der Waals surface area contributed by atoms with Gasteiger partial charge in [0.25, 0.3) is 0 Å². The Bertz CT molecular complexity index is 1090. The van der Waals surface area contributed by atoms with Crippen LogP contribution < -0.4 is 15.4 Å². The minimum Gasteiger partial charge on any atom is -0.497 e. The minimum absolute atomic E-state index is 0.159. The zero-order chi connectivity index (χ0) is 21.5. The van der Waals surface area contributed by atoms with Crippen LogP contribution in [0.15, 0.2) is 89.7 Å². The Morgan fingerprint density at radius 1 is 1.06 bits per heavy atom. The summed E-state index contributed by atoms with van der Waals surface area (Å²) >= 11 is 0. The Balaban J connectivity index is 1.41. The third-order valence-corrected chi connectivity index (χ3v) is 4.92. The monoisotopic (exact) mass is 416 g/mol. The summed E-state index contributed by atoms with van der Waals surface area (Å²) in [6.45, 7) is 0. The Morgan fingerprint density at radius 2 is 1.87 bits per heavy atom. The molecule has 0 saturated carbocycles. The maximum Gasteiger partial charge on any atom is 0.319 e. The minimum atomic E-state index is -0.264. The molecule has 2 aromatic carbocycles. The Labute approximate surface area is 180 Å². The van der Waals surface area contributed by atoms with Crippen LogP contribution in [0.2, 0.25) is 0 Å². The summed E-state index contributed by atoms with van der Waals surface area (Å²) in [6.07, 6.45) is 4.90. The first-order valence-corrected chi connectivity index (χ1v) is 10.1. The van der Waals surface area contributed by atoms with Crippen LogP contribution in [-0.2, 0) is 6.42 Å². The molecule has 0 aliphatic carbocycles. The van der Waals surface area contributed by atoms with Crippen LogP contribution in [0.1, 0.15) is 23.7 Å². The predicted molar refractivity (Wildman–Crippen MR) is 118 cm³/mol. The maximum absolute atomic E-state index is 12.6. The van der Waals surface area contributed by atoms with Crippen molar-refractivity contribution in [1.29, 1.82) is 0 Å². The fourth-order valence-electron chi connectivity index (χ4n) is 3.32. The van der Waals surface area contributed by atoms with Crippen LogP contribution in [-0.4, -0.2) is 22.9 Å². The molecule has 0 spiro atoms. The lowest BCUT2D eigenvalue weighted by Gasteiger charge is -2.19. The molecule has 1 unspecified atom stereocenters. The van der Waals surface area contributed by atoms with E-state index in [9.17, 15) is 4.79 Å². The topological polar surface area (TPSA) is 81.3 Å². The number of carbonyl (C=O) groups excluding carboxylic acids is 1. The van der Waals surface area contributed by atoms with Crippen LogP contribution in [0.4, 0.5) is 10.5 Å². The van der Waals surface area contributed by atoms with Gasteiger partial charge in [0.1, 0.15) is 5.75 Å². The summed E-state index contributed by atoms with van der Waals surface area (Å²) in [6, 6.07) is 22.4. The molecule has 4 aromatic rings. The number of hydrogen-bond acceptors (Lipinski definition) is 4. The Hall–Kier alpha value is -4.00. The number of carbonyl (C=O) groups is 1. The lowest BCUT2D eigenvalue weighted by Crippen LogP contribution is -2.33. The number of furan rings is 1. The van der Waals surface area contributed by atoms with E-state index in [1.165, 1.54) is 0 Å². The average molecular weight is 416 g/mol. The van der Waals surface area contributed by atoms with E-state index in [1.54, 1.807) is 42.3 Å². The number of aromatic nitrogens is 2. The van der Waals surface area contributed by atoms with Crippen LogP contribution in [0.3, 0.4) is 0 Å². The largest absolute Gasteiger partial charge is 0.497 e. The van der Waals surface area contributed by atoms with Crippen LogP contribution >= 0.6 is 0 Å². The number of amides is 2. The van der Waals surface area contributed by atoms with Gasteiger partial charge >= 0.3 is 6.03 Å². The fraction of sp³-hybridized carbons (Fsp3) is 0.167. The quantitative estimate of drug-likeness (QED) is 0.425. The number of rotatable bonds is 8. The van der Waals surface area contributed by atoms with Crippen molar-refractivity contribution in [3.8, 4) is 11.6 Å². The van der Waals surface area contributed by atoms with E-state index < -0.39 is 0 Å². The molecule has 2 aromatic heterocycles. The molecular weight excluding hydrogens is 392 g/mol. The average Bonchev–Trinajstić information content (AvgIpc) is 3.50. The second-order valence-corrected chi connectivity index (χ2v) is 7.03. The van der Waals surface area contributed by atoms with Crippen LogP contribution in [0.25, 0.3) is 5.88 Å². The van der Waals surface area contributed by atoms with Crippen molar-refractivity contribution in [2.75, 3.05) is 12.4 Å². The number of methoxy groups -OCH3 is 1. The summed E-state index contributed by atoms with van der Waals surface area (Å²) in [7, 11) is 1.61. The molecule has 158 valence electrons. The highest BCUT2D eigenvalue weighted by Gasteiger charge is 2.16. The third-order valence-electron chi connectivity index (χ3n) is 4.92. The molecule has 7 heteroatoms. The third kappa shape index (κ3) is 5.33. The van der Waals surface area contributed by atoms with E-state index in [0.29, 0.717) is 24.4 Å². The SMILES string of the molecule is COc1ccc(NC(=O)NC(CCc2ccn(-c3ccco3)n2)c2ccccc2)cc1. The van der Waals surface area contributed by atoms with Crippen molar-refractivity contribution in [3.63, 3.8) is 0 Å². The van der Waals surface area contributed by atoms with Gasteiger partial charge in [0.15, 0.2) is 0 Å². The van der Waals surface area contributed by atoms with Gasteiger partial charge in [-0.25, -0.2) is 9.48 Å². The summed E-state index contributed by atoms with van der Waals surface area (Å²) < 4.78 is 12.2. The Morgan fingerprint density at radius 3 is 2.58 bits per heavy atom. The lowest BCUT2D eigenvalue weighted by molar-refractivity contribution is 0.248. The summed E-state index contributed by atoms with van der Waals surface area (Å²) in [5, 5.41) is 10.5. The van der Waals surface area contributed by atoms with Gasteiger partial charge in [-0.2, -0.15) is 5.10 Å². The molecule has 1 atom stereocenters. The molecule has 0 saturated heterocycles. The molecule has 0 radical (unpaired) electrons. The van der Waals surface area contributed by atoms with Crippen molar-refractivity contribution in [2.45, 2.75) is 18.9 Å². The number of urea groups is 1. The smallest absolute Gasteiger partial charge is 0.319 e. The molecule has 31 heavy (non-hydrogen) atoms. The number of anilines is 1. The molecule has 0 bridgehead atoms. The Kier molecular flexibility index (Phi) is 6.32. The van der Waals surface area contributed by atoms with E-state index in [4.69, 9.17) is 9.15 Å². The zero-order valence-electron chi connectivity index (χ0n) is 17.2. The van der Waals surface area contributed by atoms with Gasteiger partial charge in [-0.3, -0.25) is 0 Å². The van der Waals surface area contributed by atoms with Gasteiger partial charge < -0.3 is 19.8 Å². The normalized spacial score (nSPS) is 11.6. The molecule has 2 heterocycles. The highest BCUT2D eigenvalue weighted by atomic mass is 16.5. The zero-order valence-corrected chi connectivity index (χ0v) is 17.2. The highest BCUT2D eigenvalue weighted by molar-refractivity contribution is 5.89. The maximum atomic E-state index is 12.6. The molecule has 2 amide bonds. The molecule has 0 fully saturated rings. The summed E-state index contributed by atoms with van der Waals surface area (Å²) in [5.41, 5.74) is 2.66. The van der Waals surface area contributed by atoms with Crippen LogP contribution in [0, 0.1) is 0 Å². The number of nitrogens with one attached hydrogen (secondary N) is 2. The van der Waals surface area contributed by atoms with E-state index in [2.05, 4.69) is 15.7 Å². The number of aryl methyl sites for hydroxylation is 1. The van der Waals surface area contributed by atoms with Crippen molar-refractivity contribution in [1.82, 2.24) is 15.1 Å². The van der Waals surface area contributed by atoms with Crippen LogP contribution in [0.5, 0.6) is 5.75 Å². The highest BCUT2D eigenvalue weighted by Crippen LogP contribution is 2.20. The van der Waals surface area contributed by atoms with Gasteiger partial charge in [-0.05, 0) is 54.8 Å². The number of benzene rings is 2. The summed E-state index contributed by atoms with van der Waals surface area (Å²) in [4.78, 5) is 12.6. The number of hydrogen-bond donors (Lipinski definition) is 2. The molecule has 0 aliphatic rings. The fourth-order valence-corrected chi connectivity index (χ4v) is 3.32. The van der Waals surface area contributed by atoms with Gasteiger partial charge in [0.05, 0.1) is 25.1 Å². The first-order chi connectivity index (χ1) is 15.2.